The number of hydrogen-bond acceptors (Lipinski definition) is 9. The van der Waals surface area contributed by atoms with E-state index in [4.69, 9.17) is 14.2 Å². The summed E-state index contributed by atoms with van der Waals surface area (Å²) in [6.07, 6.45) is 7.21. The number of imidazole rings is 1. The first-order valence-electron chi connectivity index (χ1n) is 11.3. The number of esters is 2. The SMILES string of the molecule is CCCCCCCC(=O)Nc1ncnc2c1ncn2[C@H]1C[C@@H](OC(C)=O)[C@@H](COC(C)=O)O1. The van der Waals surface area contributed by atoms with E-state index in [1.54, 1.807) is 10.9 Å². The van der Waals surface area contributed by atoms with Gasteiger partial charge in [-0.15, -0.1) is 0 Å². The van der Waals surface area contributed by atoms with Gasteiger partial charge in [0.15, 0.2) is 17.0 Å². The maximum Gasteiger partial charge on any atom is 0.303 e. The quantitative estimate of drug-likeness (QED) is 0.396. The van der Waals surface area contributed by atoms with Crippen molar-refractivity contribution in [3.8, 4) is 0 Å². The van der Waals surface area contributed by atoms with Crippen molar-refractivity contribution in [2.75, 3.05) is 11.9 Å². The maximum absolute atomic E-state index is 12.3. The Morgan fingerprint density at radius 3 is 2.64 bits per heavy atom. The highest BCUT2D eigenvalue weighted by Gasteiger charge is 2.40. The molecule has 0 spiro atoms. The Kier molecular flexibility index (Phi) is 8.70. The lowest BCUT2D eigenvalue weighted by molar-refractivity contribution is -0.155. The van der Waals surface area contributed by atoms with Gasteiger partial charge in [0.25, 0.3) is 0 Å². The van der Waals surface area contributed by atoms with E-state index in [0.717, 1.165) is 25.7 Å². The van der Waals surface area contributed by atoms with Crippen molar-refractivity contribution in [2.45, 2.75) is 84.2 Å². The van der Waals surface area contributed by atoms with Crippen LogP contribution in [0, 0.1) is 0 Å². The molecule has 1 saturated heterocycles. The smallest absolute Gasteiger partial charge is 0.303 e. The van der Waals surface area contributed by atoms with Crippen LogP contribution in [-0.2, 0) is 28.6 Å². The van der Waals surface area contributed by atoms with Crippen molar-refractivity contribution >= 4 is 34.8 Å². The third-order valence-electron chi connectivity index (χ3n) is 5.38. The van der Waals surface area contributed by atoms with Gasteiger partial charge < -0.3 is 19.5 Å². The predicted molar refractivity (Wildman–Crippen MR) is 118 cm³/mol. The van der Waals surface area contributed by atoms with Crippen molar-refractivity contribution < 1.29 is 28.6 Å². The summed E-state index contributed by atoms with van der Waals surface area (Å²) in [6, 6.07) is 0. The zero-order valence-electron chi connectivity index (χ0n) is 19.3. The minimum atomic E-state index is -0.617. The topological polar surface area (TPSA) is 135 Å². The van der Waals surface area contributed by atoms with Gasteiger partial charge in [-0.2, -0.15) is 0 Å². The van der Waals surface area contributed by atoms with E-state index in [1.807, 2.05) is 0 Å². The zero-order valence-corrected chi connectivity index (χ0v) is 19.3. The van der Waals surface area contributed by atoms with Crippen molar-refractivity contribution in [3.05, 3.63) is 12.7 Å². The van der Waals surface area contributed by atoms with Crippen LogP contribution in [0.1, 0.15) is 71.9 Å². The normalized spacial score (nSPS) is 20.0. The molecule has 0 aliphatic carbocycles. The first-order valence-corrected chi connectivity index (χ1v) is 11.3. The number of unbranched alkanes of at least 4 members (excludes halogenated alkanes) is 4. The molecule has 1 N–H and O–H groups in total. The molecule has 1 fully saturated rings. The van der Waals surface area contributed by atoms with Crippen molar-refractivity contribution in [3.63, 3.8) is 0 Å². The monoisotopic (exact) mass is 461 g/mol. The lowest BCUT2D eigenvalue weighted by Crippen LogP contribution is -2.31. The van der Waals surface area contributed by atoms with E-state index in [-0.39, 0.29) is 12.5 Å². The van der Waals surface area contributed by atoms with E-state index in [1.165, 1.54) is 26.6 Å². The molecule has 0 unspecified atom stereocenters. The van der Waals surface area contributed by atoms with Gasteiger partial charge in [0, 0.05) is 26.7 Å². The number of aromatic nitrogens is 4. The van der Waals surface area contributed by atoms with E-state index in [9.17, 15) is 14.4 Å². The number of amides is 1. The number of carbonyl (C=O) groups is 3. The Hall–Kier alpha value is -3.08. The number of ether oxygens (including phenoxy) is 3. The summed E-state index contributed by atoms with van der Waals surface area (Å²) in [4.78, 5) is 47.9. The molecule has 1 aliphatic rings. The second-order valence-corrected chi connectivity index (χ2v) is 8.07. The van der Waals surface area contributed by atoms with E-state index in [0.29, 0.717) is 29.8 Å². The molecule has 180 valence electrons. The van der Waals surface area contributed by atoms with E-state index >= 15 is 0 Å². The average Bonchev–Trinajstić information content (AvgIpc) is 3.36. The Morgan fingerprint density at radius 2 is 1.91 bits per heavy atom. The summed E-state index contributed by atoms with van der Waals surface area (Å²) >= 11 is 0. The van der Waals surface area contributed by atoms with Crippen LogP contribution < -0.4 is 5.32 Å². The molecular formula is C22H31N5O6. The molecule has 11 nitrogen and oxygen atoms in total. The van der Waals surface area contributed by atoms with Gasteiger partial charge in [-0.1, -0.05) is 32.6 Å². The van der Waals surface area contributed by atoms with Gasteiger partial charge in [0.05, 0.1) is 6.33 Å². The average molecular weight is 462 g/mol. The fourth-order valence-corrected chi connectivity index (χ4v) is 3.80. The number of fused-ring (bicyclic) bond motifs is 1. The maximum atomic E-state index is 12.3. The largest absolute Gasteiger partial charge is 0.463 e. The summed E-state index contributed by atoms with van der Waals surface area (Å²) < 4.78 is 18.1. The standard InChI is InChI=1S/C22H31N5O6/c1-4-5-6-7-8-9-18(30)26-21-20-22(24-12-23-21)27(13-25-20)19-10-16(32-15(3)29)17(33-19)11-31-14(2)28/h12-13,16-17,19H,4-11H2,1-3H3,(H,23,24,26,30)/t16-,17-,19-/m1/s1. The number of rotatable bonds is 11. The Balaban J connectivity index is 1.69. The second kappa shape index (κ2) is 11.7. The fraction of sp³-hybridized carbons (Fsp3) is 0.636. The number of nitrogens with zero attached hydrogens (tertiary/aromatic N) is 4. The van der Waals surface area contributed by atoms with Crippen LogP contribution in [0.2, 0.25) is 0 Å². The van der Waals surface area contributed by atoms with Crippen LogP contribution in [-0.4, -0.2) is 56.2 Å². The van der Waals surface area contributed by atoms with Gasteiger partial charge in [0.1, 0.15) is 31.4 Å². The molecule has 0 aromatic carbocycles. The molecule has 0 bridgehead atoms. The van der Waals surface area contributed by atoms with Crippen LogP contribution in [0.3, 0.4) is 0 Å². The fourth-order valence-electron chi connectivity index (χ4n) is 3.80. The van der Waals surface area contributed by atoms with Gasteiger partial charge in [-0.05, 0) is 6.42 Å². The lowest BCUT2D eigenvalue weighted by atomic mass is 10.1. The molecule has 3 atom stereocenters. The molecule has 2 aromatic rings. The summed E-state index contributed by atoms with van der Waals surface area (Å²) in [5.74, 6) is -0.678. The highest BCUT2D eigenvalue weighted by molar-refractivity contribution is 5.96. The second-order valence-electron chi connectivity index (χ2n) is 8.07. The summed E-state index contributed by atoms with van der Waals surface area (Å²) in [7, 11) is 0. The third kappa shape index (κ3) is 6.70. The molecule has 3 rings (SSSR count). The van der Waals surface area contributed by atoms with Crippen molar-refractivity contribution in [2.24, 2.45) is 0 Å². The minimum Gasteiger partial charge on any atom is -0.463 e. The highest BCUT2D eigenvalue weighted by Crippen LogP contribution is 2.33. The van der Waals surface area contributed by atoms with Gasteiger partial charge in [0.2, 0.25) is 5.91 Å². The van der Waals surface area contributed by atoms with Gasteiger partial charge >= 0.3 is 11.9 Å². The van der Waals surface area contributed by atoms with Gasteiger partial charge in [-0.25, -0.2) is 15.0 Å². The zero-order chi connectivity index (χ0) is 23.8. The van der Waals surface area contributed by atoms with Crippen LogP contribution in [0.4, 0.5) is 5.82 Å². The lowest BCUT2D eigenvalue weighted by Gasteiger charge is -2.17. The van der Waals surface area contributed by atoms with Crippen LogP contribution in [0.15, 0.2) is 12.7 Å². The molecule has 11 heteroatoms. The highest BCUT2D eigenvalue weighted by atomic mass is 16.6. The molecule has 1 amide bonds. The molecule has 3 heterocycles. The van der Waals surface area contributed by atoms with Crippen molar-refractivity contribution in [1.29, 1.82) is 0 Å². The van der Waals surface area contributed by atoms with Crippen LogP contribution in [0.25, 0.3) is 11.2 Å². The summed E-state index contributed by atoms with van der Waals surface area (Å²) in [6.45, 7) is 4.73. The predicted octanol–water partition coefficient (Wildman–Crippen LogP) is 2.91. The molecule has 0 radical (unpaired) electrons. The number of hydrogen-bond donors (Lipinski definition) is 1. The molecule has 33 heavy (non-hydrogen) atoms. The Bertz CT molecular complexity index is 977. The molecule has 0 saturated carbocycles. The number of anilines is 1. The Morgan fingerprint density at radius 1 is 1.12 bits per heavy atom. The summed E-state index contributed by atoms with van der Waals surface area (Å²) in [5.41, 5.74) is 0.913. The number of carbonyl (C=O) groups excluding carboxylic acids is 3. The van der Waals surface area contributed by atoms with Crippen LogP contribution >= 0.6 is 0 Å². The molecule has 2 aromatic heterocycles. The van der Waals surface area contributed by atoms with E-state index < -0.39 is 30.4 Å². The molecular weight excluding hydrogens is 430 g/mol. The number of nitrogens with one attached hydrogen (secondary N) is 1. The summed E-state index contributed by atoms with van der Waals surface area (Å²) in [5, 5.41) is 2.82. The van der Waals surface area contributed by atoms with E-state index in [2.05, 4.69) is 27.2 Å². The Labute approximate surface area is 192 Å². The molecule has 1 aliphatic heterocycles. The first-order chi connectivity index (χ1) is 15.9. The van der Waals surface area contributed by atoms with Gasteiger partial charge in [-0.3, -0.25) is 19.0 Å². The first kappa shape index (κ1) is 24.6. The minimum absolute atomic E-state index is 0.0367. The van der Waals surface area contributed by atoms with Crippen LogP contribution in [0.5, 0.6) is 0 Å². The third-order valence-corrected chi connectivity index (χ3v) is 5.38. The van der Waals surface area contributed by atoms with Crippen molar-refractivity contribution in [1.82, 2.24) is 19.5 Å².